The number of imide groups is 1. The molecular weight excluding hydrogens is 624 g/mol. The van der Waals surface area contributed by atoms with E-state index in [4.69, 9.17) is 9.72 Å². The van der Waals surface area contributed by atoms with Crippen molar-refractivity contribution in [2.75, 3.05) is 75.1 Å². The van der Waals surface area contributed by atoms with Gasteiger partial charge in [-0.15, -0.1) is 0 Å². The van der Waals surface area contributed by atoms with Crippen LogP contribution >= 0.6 is 0 Å². The Bertz CT molecular complexity index is 1810. The van der Waals surface area contributed by atoms with Gasteiger partial charge in [0.25, 0.3) is 5.91 Å². The molecule has 2 aliphatic heterocycles. The standard InChI is InChI=1S/C35H42N10O4/c1-41(2)33(47)29-21-24-22-37-34(40-32(24)45(29)27-5-3-4-6-27)38-30-12-11-28(23-36-30)49-20-19-42-15-17-43(18-16-42)25-7-9-26(10-8-25)44-14-13-31(46)39-35(44)48/h7-12,21-23,27H,3-6,13-20H2,1-2H3,(H,39,46,48)(H,36,37,38,40). The number of piperazine rings is 1. The maximum absolute atomic E-state index is 13.0. The molecule has 3 aromatic heterocycles. The molecule has 14 heteroatoms. The Morgan fingerprint density at radius 2 is 1.71 bits per heavy atom. The van der Waals surface area contributed by atoms with Crippen LogP contribution < -0.4 is 25.2 Å². The van der Waals surface area contributed by atoms with E-state index in [2.05, 4.69) is 35.0 Å². The lowest BCUT2D eigenvalue weighted by atomic mass is 10.2. The molecule has 0 unspecified atom stereocenters. The van der Waals surface area contributed by atoms with Gasteiger partial charge in [0, 0.05) is 88.8 Å². The Kier molecular flexibility index (Phi) is 9.29. The fourth-order valence-corrected chi connectivity index (χ4v) is 6.82. The first kappa shape index (κ1) is 32.3. The van der Waals surface area contributed by atoms with E-state index in [1.165, 1.54) is 0 Å². The maximum atomic E-state index is 13.0. The van der Waals surface area contributed by atoms with Crippen molar-refractivity contribution in [2.45, 2.75) is 38.1 Å². The van der Waals surface area contributed by atoms with Crippen LogP contribution in [0.5, 0.6) is 5.75 Å². The second-order valence-electron chi connectivity index (χ2n) is 13.0. The smallest absolute Gasteiger partial charge is 0.328 e. The first-order valence-corrected chi connectivity index (χ1v) is 17.0. The normalized spacial score (nSPS) is 17.4. The molecule has 1 aliphatic carbocycles. The largest absolute Gasteiger partial charge is 0.491 e. The number of ether oxygens (including phenoxy) is 1. The molecule has 4 aromatic rings. The summed E-state index contributed by atoms with van der Waals surface area (Å²) >= 11 is 0. The zero-order valence-corrected chi connectivity index (χ0v) is 28.0. The molecule has 1 saturated carbocycles. The van der Waals surface area contributed by atoms with E-state index < -0.39 is 0 Å². The number of benzene rings is 1. The zero-order valence-electron chi connectivity index (χ0n) is 28.0. The van der Waals surface area contributed by atoms with Crippen molar-refractivity contribution in [3.63, 3.8) is 0 Å². The van der Waals surface area contributed by atoms with Gasteiger partial charge in [-0.25, -0.2) is 14.8 Å². The molecule has 49 heavy (non-hydrogen) atoms. The van der Waals surface area contributed by atoms with Gasteiger partial charge in [-0.1, -0.05) is 12.8 Å². The average Bonchev–Trinajstić information content (AvgIpc) is 3.77. The number of amides is 4. The van der Waals surface area contributed by atoms with Crippen LogP contribution in [-0.4, -0.2) is 107 Å². The molecule has 3 fully saturated rings. The highest BCUT2D eigenvalue weighted by Crippen LogP contribution is 2.35. The predicted octanol–water partition coefficient (Wildman–Crippen LogP) is 4.03. The molecule has 0 atom stereocenters. The molecule has 0 bridgehead atoms. The summed E-state index contributed by atoms with van der Waals surface area (Å²) in [6.07, 6.45) is 8.13. The van der Waals surface area contributed by atoms with E-state index in [1.807, 2.05) is 42.5 Å². The molecule has 14 nitrogen and oxygen atoms in total. The SMILES string of the molecule is CN(C)C(=O)c1cc2cnc(Nc3ccc(OCCN4CCN(c5ccc(N6CCC(=O)NC6=O)cc5)CC4)cn3)nc2n1C1CCCC1. The van der Waals surface area contributed by atoms with Gasteiger partial charge in [-0.3, -0.25) is 24.7 Å². The van der Waals surface area contributed by atoms with Crippen LogP contribution in [0.1, 0.15) is 48.6 Å². The van der Waals surface area contributed by atoms with Crippen molar-refractivity contribution >= 4 is 52.0 Å². The highest BCUT2D eigenvalue weighted by atomic mass is 16.5. The van der Waals surface area contributed by atoms with Gasteiger partial charge in [0.15, 0.2) is 0 Å². The summed E-state index contributed by atoms with van der Waals surface area (Å²) in [4.78, 5) is 58.3. The molecule has 1 aromatic carbocycles. The van der Waals surface area contributed by atoms with Crippen LogP contribution in [0.25, 0.3) is 11.0 Å². The number of urea groups is 1. The van der Waals surface area contributed by atoms with E-state index >= 15 is 0 Å². The minimum absolute atomic E-state index is 0.0341. The van der Waals surface area contributed by atoms with E-state index in [0.29, 0.717) is 42.8 Å². The van der Waals surface area contributed by atoms with E-state index in [9.17, 15) is 14.4 Å². The summed E-state index contributed by atoms with van der Waals surface area (Å²) in [7, 11) is 3.54. The van der Waals surface area contributed by atoms with Crippen molar-refractivity contribution < 1.29 is 19.1 Å². The molecule has 3 aliphatic rings. The van der Waals surface area contributed by atoms with Crippen molar-refractivity contribution in [1.29, 1.82) is 0 Å². The number of fused-ring (bicyclic) bond motifs is 1. The van der Waals surface area contributed by atoms with E-state index in [0.717, 1.165) is 80.8 Å². The Labute approximate surface area is 285 Å². The number of aromatic nitrogens is 4. The molecular formula is C35H42N10O4. The number of hydrogen-bond acceptors (Lipinski definition) is 10. The van der Waals surface area contributed by atoms with Gasteiger partial charge in [0.1, 0.15) is 29.5 Å². The molecule has 0 spiro atoms. The third kappa shape index (κ3) is 7.14. The number of hydrogen-bond donors (Lipinski definition) is 2. The van der Waals surface area contributed by atoms with Crippen LogP contribution in [0.2, 0.25) is 0 Å². The lowest BCUT2D eigenvalue weighted by Crippen LogP contribution is -2.49. The fourth-order valence-electron chi connectivity index (χ4n) is 6.82. The van der Waals surface area contributed by atoms with Crippen molar-refractivity contribution in [1.82, 2.24) is 34.6 Å². The van der Waals surface area contributed by atoms with Gasteiger partial charge in [-0.2, -0.15) is 4.98 Å². The Morgan fingerprint density at radius 3 is 2.41 bits per heavy atom. The highest BCUT2D eigenvalue weighted by Gasteiger charge is 2.27. The molecule has 4 amide bonds. The first-order valence-electron chi connectivity index (χ1n) is 17.0. The van der Waals surface area contributed by atoms with Crippen LogP contribution in [0.4, 0.5) is 27.9 Å². The summed E-state index contributed by atoms with van der Waals surface area (Å²) in [6.45, 7) is 5.38. The predicted molar refractivity (Wildman–Crippen MR) is 187 cm³/mol. The Morgan fingerprint density at radius 1 is 0.959 bits per heavy atom. The third-order valence-electron chi connectivity index (χ3n) is 9.50. The highest BCUT2D eigenvalue weighted by molar-refractivity contribution is 6.05. The fraction of sp³-hybridized carbons (Fsp3) is 0.429. The number of anilines is 4. The summed E-state index contributed by atoms with van der Waals surface area (Å²) in [5.74, 6) is 1.46. The van der Waals surface area contributed by atoms with Gasteiger partial charge in [0.05, 0.1) is 6.20 Å². The molecule has 7 rings (SSSR count). The Hall–Kier alpha value is -5.24. The van der Waals surface area contributed by atoms with Crippen molar-refractivity contribution in [3.8, 4) is 5.75 Å². The monoisotopic (exact) mass is 666 g/mol. The zero-order chi connectivity index (χ0) is 33.9. The van der Waals surface area contributed by atoms with Gasteiger partial charge < -0.3 is 24.4 Å². The number of pyridine rings is 1. The summed E-state index contributed by atoms with van der Waals surface area (Å²) in [6, 6.07) is 13.5. The first-order chi connectivity index (χ1) is 23.8. The molecule has 0 radical (unpaired) electrons. The molecule has 256 valence electrons. The van der Waals surface area contributed by atoms with Gasteiger partial charge >= 0.3 is 6.03 Å². The lowest BCUT2D eigenvalue weighted by molar-refractivity contribution is -0.120. The van der Waals surface area contributed by atoms with Gasteiger partial charge in [0.2, 0.25) is 11.9 Å². The van der Waals surface area contributed by atoms with Crippen molar-refractivity contribution in [3.05, 3.63) is 60.6 Å². The second-order valence-corrected chi connectivity index (χ2v) is 13.0. The molecule has 5 heterocycles. The quantitative estimate of drug-likeness (QED) is 0.255. The van der Waals surface area contributed by atoms with Crippen molar-refractivity contribution in [2.24, 2.45) is 0 Å². The maximum Gasteiger partial charge on any atom is 0.328 e. The number of carbonyl (C=O) groups excluding carboxylic acids is 3. The minimum Gasteiger partial charge on any atom is -0.491 e. The molecule has 2 saturated heterocycles. The topological polar surface area (TPSA) is 141 Å². The lowest BCUT2D eigenvalue weighted by Gasteiger charge is -2.36. The van der Waals surface area contributed by atoms with E-state index in [1.54, 1.807) is 36.3 Å². The van der Waals surface area contributed by atoms with E-state index in [-0.39, 0.29) is 23.9 Å². The summed E-state index contributed by atoms with van der Waals surface area (Å²) in [5.41, 5.74) is 3.31. The van der Waals surface area contributed by atoms with Crippen LogP contribution in [0.3, 0.4) is 0 Å². The third-order valence-corrected chi connectivity index (χ3v) is 9.50. The van der Waals surface area contributed by atoms with Crippen LogP contribution in [0, 0.1) is 0 Å². The number of carbonyl (C=O) groups is 3. The van der Waals surface area contributed by atoms with Gasteiger partial charge in [-0.05, 0) is 55.3 Å². The minimum atomic E-state index is -0.369. The Balaban J connectivity index is 0.891. The second kappa shape index (κ2) is 14.1. The summed E-state index contributed by atoms with van der Waals surface area (Å²) < 4.78 is 8.11. The molecule has 2 N–H and O–H groups in total. The number of nitrogens with zero attached hydrogens (tertiary/aromatic N) is 8. The summed E-state index contributed by atoms with van der Waals surface area (Å²) in [5, 5.41) is 6.42. The average molecular weight is 667 g/mol. The van der Waals surface area contributed by atoms with Crippen LogP contribution in [0.15, 0.2) is 54.9 Å². The number of rotatable bonds is 10. The number of nitrogens with one attached hydrogen (secondary N) is 2. The van der Waals surface area contributed by atoms with Crippen LogP contribution in [-0.2, 0) is 4.79 Å².